The van der Waals surface area contributed by atoms with Crippen molar-refractivity contribution in [2.75, 3.05) is 32.1 Å². The first-order valence-corrected chi connectivity index (χ1v) is 14.6. The topological polar surface area (TPSA) is 129 Å². The van der Waals surface area contributed by atoms with Crippen molar-refractivity contribution in [3.63, 3.8) is 0 Å². The Labute approximate surface area is 238 Å². The van der Waals surface area contributed by atoms with Crippen molar-refractivity contribution in [2.45, 2.75) is 37.3 Å². The molecule has 2 aromatic carbocycles. The minimum Gasteiger partial charge on any atom is -0.488 e. The number of sulfonamides is 1. The Morgan fingerprint density at radius 2 is 1.88 bits per heavy atom. The molecule has 0 bridgehead atoms. The minimum absolute atomic E-state index is 0.0538. The molecule has 218 valence electrons. The van der Waals surface area contributed by atoms with E-state index in [9.17, 15) is 27.5 Å². The lowest BCUT2D eigenvalue weighted by Gasteiger charge is -2.33. The minimum atomic E-state index is -3.96. The summed E-state index contributed by atoms with van der Waals surface area (Å²) in [5.74, 6) is -1.10. The Hall–Kier alpha value is -3.87. The van der Waals surface area contributed by atoms with Crippen molar-refractivity contribution in [1.82, 2.24) is 14.2 Å². The van der Waals surface area contributed by atoms with Crippen molar-refractivity contribution in [3.8, 4) is 5.75 Å². The third-order valence-corrected chi connectivity index (χ3v) is 8.91. The second-order valence-corrected chi connectivity index (χ2v) is 12.2. The number of aliphatic hydroxyl groups excluding tert-OH is 1. The molecule has 0 radical (unpaired) electrons. The molecule has 2 heterocycles. The summed E-state index contributed by atoms with van der Waals surface area (Å²) in [6.07, 6.45) is 2.28. The standard InChI is InChI=1S/C29H33FN4O6S/c1-19-16-34(20(2)18-35)28(36)15-22-14-24(32-29(37)21-10-12-31-13-11-21)6-9-26(22)40-27(19)17-33(3)41(38,39)25-7-4-23(30)5-8-25/h4-14,19-20,27,35H,15-18H2,1-3H3,(H,32,37)/t19-,20-,27-/m1/s1. The van der Waals surface area contributed by atoms with Gasteiger partial charge in [0.2, 0.25) is 15.9 Å². The maximum Gasteiger partial charge on any atom is 0.255 e. The van der Waals surface area contributed by atoms with Gasteiger partial charge in [0.1, 0.15) is 17.7 Å². The van der Waals surface area contributed by atoms with Crippen LogP contribution in [0.2, 0.25) is 0 Å². The first-order valence-electron chi connectivity index (χ1n) is 13.1. The average Bonchev–Trinajstić information content (AvgIpc) is 3.00. The normalized spacial score (nSPS) is 18.5. The second kappa shape index (κ2) is 12.8. The molecule has 2 N–H and O–H groups in total. The highest BCUT2D eigenvalue weighted by Crippen LogP contribution is 2.30. The van der Waals surface area contributed by atoms with Crippen LogP contribution < -0.4 is 10.1 Å². The Bertz CT molecular complexity index is 1490. The molecule has 0 aliphatic carbocycles. The molecule has 3 aromatic rings. The molecule has 1 aromatic heterocycles. The zero-order valence-electron chi connectivity index (χ0n) is 23.0. The van der Waals surface area contributed by atoms with E-state index in [4.69, 9.17) is 4.74 Å². The monoisotopic (exact) mass is 584 g/mol. The number of amides is 2. The number of halogens is 1. The van der Waals surface area contributed by atoms with Gasteiger partial charge in [0.05, 0.1) is 30.5 Å². The SMILES string of the molecule is C[C@@H]1CN([C@H](C)CO)C(=O)Cc2cc(NC(=O)c3ccncc3)ccc2O[C@@H]1CN(C)S(=O)(=O)c1ccc(F)cc1. The molecule has 0 unspecified atom stereocenters. The summed E-state index contributed by atoms with van der Waals surface area (Å²) in [5.41, 5.74) is 1.36. The van der Waals surface area contributed by atoms with Crippen LogP contribution in [0.25, 0.3) is 0 Å². The summed E-state index contributed by atoms with van der Waals surface area (Å²) >= 11 is 0. The van der Waals surface area contributed by atoms with E-state index < -0.39 is 28.0 Å². The third-order valence-electron chi connectivity index (χ3n) is 7.08. The van der Waals surface area contributed by atoms with E-state index in [1.54, 1.807) is 42.2 Å². The number of aliphatic hydroxyl groups is 1. The van der Waals surface area contributed by atoms with Gasteiger partial charge in [-0.15, -0.1) is 0 Å². The number of ether oxygens (including phenoxy) is 1. The Morgan fingerprint density at radius 3 is 2.54 bits per heavy atom. The van der Waals surface area contributed by atoms with Crippen LogP contribution in [0.5, 0.6) is 5.75 Å². The van der Waals surface area contributed by atoms with Crippen molar-refractivity contribution < 1.29 is 32.2 Å². The summed E-state index contributed by atoms with van der Waals surface area (Å²) < 4.78 is 47.4. The number of rotatable bonds is 8. The first kappa shape index (κ1) is 30.1. The van der Waals surface area contributed by atoms with Gasteiger partial charge >= 0.3 is 0 Å². The number of anilines is 1. The van der Waals surface area contributed by atoms with Crippen molar-refractivity contribution in [3.05, 3.63) is 83.9 Å². The molecule has 10 nitrogen and oxygen atoms in total. The van der Waals surface area contributed by atoms with Crippen molar-refractivity contribution in [1.29, 1.82) is 0 Å². The molecular formula is C29H33FN4O6S. The van der Waals surface area contributed by atoms with Crippen LogP contribution in [0.1, 0.15) is 29.8 Å². The maximum absolute atomic E-state index is 13.4. The number of carbonyl (C=O) groups excluding carboxylic acids is 2. The summed E-state index contributed by atoms with van der Waals surface area (Å²) in [4.78, 5) is 31.5. The van der Waals surface area contributed by atoms with Gasteiger partial charge in [0.25, 0.3) is 5.91 Å². The van der Waals surface area contributed by atoms with Gasteiger partial charge in [-0.2, -0.15) is 4.31 Å². The Balaban J connectivity index is 1.65. The molecule has 0 saturated heterocycles. The van der Waals surface area contributed by atoms with Gasteiger partial charge in [0.15, 0.2) is 0 Å². The van der Waals surface area contributed by atoms with Gasteiger partial charge in [-0.3, -0.25) is 14.6 Å². The number of benzene rings is 2. The van der Waals surface area contributed by atoms with E-state index in [2.05, 4.69) is 10.3 Å². The second-order valence-electron chi connectivity index (χ2n) is 10.1. The largest absolute Gasteiger partial charge is 0.488 e. The zero-order valence-corrected chi connectivity index (χ0v) is 23.8. The quantitative estimate of drug-likeness (QED) is 0.417. The fraction of sp³-hybridized carbons (Fsp3) is 0.345. The molecule has 4 rings (SSSR count). The number of likely N-dealkylation sites (N-methyl/N-ethyl adjacent to an activating group) is 1. The predicted molar refractivity (Wildman–Crippen MR) is 150 cm³/mol. The maximum atomic E-state index is 13.4. The van der Waals surface area contributed by atoms with Gasteiger partial charge in [-0.1, -0.05) is 6.92 Å². The van der Waals surface area contributed by atoms with E-state index >= 15 is 0 Å². The van der Waals surface area contributed by atoms with Gasteiger partial charge < -0.3 is 20.1 Å². The fourth-order valence-corrected chi connectivity index (χ4v) is 5.75. The van der Waals surface area contributed by atoms with Gasteiger partial charge in [-0.05, 0) is 61.5 Å². The molecular weight excluding hydrogens is 551 g/mol. The third kappa shape index (κ3) is 7.07. The van der Waals surface area contributed by atoms with Gasteiger partial charge in [-0.25, -0.2) is 12.8 Å². The molecule has 41 heavy (non-hydrogen) atoms. The lowest BCUT2D eigenvalue weighted by molar-refractivity contribution is -0.134. The van der Waals surface area contributed by atoms with Crippen LogP contribution in [-0.4, -0.2) is 78.4 Å². The lowest BCUT2D eigenvalue weighted by Crippen LogP contribution is -2.48. The molecule has 0 spiro atoms. The number of hydrogen-bond acceptors (Lipinski definition) is 7. The number of nitrogens with one attached hydrogen (secondary N) is 1. The molecule has 2 amide bonds. The summed E-state index contributed by atoms with van der Waals surface area (Å²) in [6, 6.07) is 12.2. The Morgan fingerprint density at radius 1 is 1.20 bits per heavy atom. The summed E-state index contributed by atoms with van der Waals surface area (Å²) in [5, 5.41) is 12.7. The van der Waals surface area contributed by atoms with E-state index in [1.165, 1.54) is 31.6 Å². The lowest BCUT2D eigenvalue weighted by atomic mass is 10.0. The van der Waals surface area contributed by atoms with E-state index in [1.807, 2.05) is 6.92 Å². The number of hydrogen-bond donors (Lipinski definition) is 2. The van der Waals surface area contributed by atoms with Crippen LogP contribution in [0.15, 0.2) is 71.9 Å². The first-order chi connectivity index (χ1) is 19.5. The van der Waals surface area contributed by atoms with Crippen molar-refractivity contribution >= 4 is 27.5 Å². The van der Waals surface area contributed by atoms with E-state index in [0.717, 1.165) is 16.4 Å². The molecule has 0 saturated carbocycles. The summed E-state index contributed by atoms with van der Waals surface area (Å²) in [6.45, 7) is 3.49. The van der Waals surface area contributed by atoms with E-state index in [-0.39, 0.29) is 48.7 Å². The van der Waals surface area contributed by atoms with Crippen LogP contribution in [0.4, 0.5) is 10.1 Å². The number of carbonyl (C=O) groups is 2. The van der Waals surface area contributed by atoms with Crippen molar-refractivity contribution in [2.24, 2.45) is 5.92 Å². The number of fused-ring (bicyclic) bond motifs is 1. The molecule has 1 aliphatic heterocycles. The zero-order chi connectivity index (χ0) is 29.7. The van der Waals surface area contributed by atoms with Gasteiger partial charge in [0, 0.05) is 48.7 Å². The smallest absolute Gasteiger partial charge is 0.255 e. The highest BCUT2D eigenvalue weighted by atomic mass is 32.2. The highest BCUT2D eigenvalue weighted by molar-refractivity contribution is 7.89. The predicted octanol–water partition coefficient (Wildman–Crippen LogP) is 2.94. The molecule has 3 atom stereocenters. The Kier molecular flexibility index (Phi) is 9.36. The van der Waals surface area contributed by atoms with Crippen LogP contribution >= 0.6 is 0 Å². The van der Waals surface area contributed by atoms with E-state index in [0.29, 0.717) is 22.6 Å². The average molecular weight is 585 g/mol. The number of aromatic nitrogens is 1. The summed E-state index contributed by atoms with van der Waals surface area (Å²) in [7, 11) is -2.55. The van der Waals surface area contributed by atoms with Crippen LogP contribution in [0, 0.1) is 11.7 Å². The van der Waals surface area contributed by atoms with Crippen LogP contribution in [-0.2, 0) is 21.2 Å². The fourth-order valence-electron chi connectivity index (χ4n) is 4.57. The molecule has 12 heteroatoms. The highest BCUT2D eigenvalue weighted by Gasteiger charge is 2.33. The number of nitrogens with zero attached hydrogens (tertiary/aromatic N) is 3. The van der Waals surface area contributed by atoms with Crippen LogP contribution in [0.3, 0.4) is 0 Å². The molecule has 0 fully saturated rings. The molecule has 1 aliphatic rings. The number of pyridine rings is 1.